The van der Waals surface area contributed by atoms with Gasteiger partial charge in [-0.25, -0.2) is 9.89 Å². The number of aromatic nitrogens is 2. The van der Waals surface area contributed by atoms with E-state index in [1.807, 2.05) is 0 Å². The molecular weight excluding hydrogens is 370 g/mol. The molecule has 4 fully saturated rings. The smallest absolute Gasteiger partial charge is 0.360 e. The molecule has 4 bridgehead atoms. The highest BCUT2D eigenvalue weighted by molar-refractivity contribution is 6.02. The Labute approximate surface area is 168 Å². The minimum atomic E-state index is -0.928. The number of nitrogens with one attached hydrogen (secondary N) is 2. The maximum absolute atomic E-state index is 12.8. The van der Waals surface area contributed by atoms with Gasteiger partial charge in [0.1, 0.15) is 0 Å². The fraction of sp³-hybridized carbons (Fsp3) is 0.545. The summed E-state index contributed by atoms with van der Waals surface area (Å²) in [6.07, 6.45) is 6.08. The van der Waals surface area contributed by atoms with E-state index in [0.29, 0.717) is 10.8 Å². The lowest BCUT2D eigenvalue weighted by Crippen LogP contribution is -2.61. The maximum atomic E-state index is 12.8. The SMILES string of the molecule is C[C@@H](OC(=O)c1n[nH]c(=O)c2ccccc12)C(=O)NC12CC3CC(CC(C3)C1)C2. The van der Waals surface area contributed by atoms with Gasteiger partial charge in [-0.3, -0.25) is 9.59 Å². The van der Waals surface area contributed by atoms with Gasteiger partial charge in [-0.15, -0.1) is 0 Å². The molecule has 152 valence electrons. The first-order valence-electron chi connectivity index (χ1n) is 10.4. The fourth-order valence-electron chi connectivity index (χ4n) is 6.17. The highest BCUT2D eigenvalue weighted by atomic mass is 16.5. The first kappa shape index (κ1) is 18.3. The number of hydrogen-bond acceptors (Lipinski definition) is 5. The number of hydrogen-bond donors (Lipinski definition) is 2. The Hall–Kier alpha value is -2.70. The van der Waals surface area contributed by atoms with E-state index in [1.54, 1.807) is 31.2 Å². The fourth-order valence-corrected chi connectivity index (χ4v) is 6.17. The molecule has 0 saturated heterocycles. The third-order valence-electron chi connectivity index (χ3n) is 6.97. The molecule has 0 unspecified atom stereocenters. The standard InChI is InChI=1S/C22H25N3O4/c1-12(19(26)23-22-9-13-6-14(10-22)8-15(7-13)11-22)29-21(28)18-16-4-2-3-5-17(16)20(27)25-24-18/h2-5,12-15H,6-11H2,1H3,(H,23,26)(H,25,27)/t12-,13?,14?,15?,22?/m1/s1. The van der Waals surface area contributed by atoms with Gasteiger partial charge in [0.25, 0.3) is 11.5 Å². The van der Waals surface area contributed by atoms with Crippen LogP contribution in [-0.4, -0.2) is 33.7 Å². The van der Waals surface area contributed by atoms with E-state index in [-0.39, 0.29) is 22.7 Å². The summed E-state index contributed by atoms with van der Waals surface area (Å²) in [5.41, 5.74) is -0.491. The second kappa shape index (κ2) is 6.68. The molecule has 1 amide bonds. The Morgan fingerprint density at radius 3 is 2.31 bits per heavy atom. The molecule has 29 heavy (non-hydrogen) atoms. The van der Waals surface area contributed by atoms with Crippen LogP contribution in [0.5, 0.6) is 0 Å². The zero-order chi connectivity index (χ0) is 20.2. The summed E-state index contributed by atoms with van der Waals surface area (Å²) in [4.78, 5) is 37.4. The van der Waals surface area contributed by atoms with Crippen LogP contribution in [0.2, 0.25) is 0 Å². The average Bonchev–Trinajstić information content (AvgIpc) is 2.67. The zero-order valence-electron chi connectivity index (χ0n) is 16.4. The molecule has 1 heterocycles. The van der Waals surface area contributed by atoms with Crippen LogP contribution in [0.4, 0.5) is 0 Å². The number of aromatic amines is 1. The molecule has 4 aliphatic carbocycles. The van der Waals surface area contributed by atoms with Crippen LogP contribution in [-0.2, 0) is 9.53 Å². The Balaban J connectivity index is 1.30. The van der Waals surface area contributed by atoms with E-state index in [4.69, 9.17) is 4.74 Å². The summed E-state index contributed by atoms with van der Waals surface area (Å²) in [5, 5.41) is 10.2. The van der Waals surface area contributed by atoms with Crippen molar-refractivity contribution in [2.24, 2.45) is 17.8 Å². The molecular formula is C22H25N3O4. The number of nitrogens with zero attached hydrogens (tertiary/aromatic N) is 1. The number of H-pyrrole nitrogens is 1. The maximum Gasteiger partial charge on any atom is 0.360 e. The average molecular weight is 395 g/mol. The molecule has 2 aromatic rings. The minimum Gasteiger partial charge on any atom is -0.448 e. The quantitative estimate of drug-likeness (QED) is 0.775. The van der Waals surface area contributed by atoms with E-state index in [1.165, 1.54) is 19.3 Å². The lowest BCUT2D eigenvalue weighted by molar-refractivity contribution is -0.134. The summed E-state index contributed by atoms with van der Waals surface area (Å²) in [7, 11) is 0. The lowest BCUT2D eigenvalue weighted by atomic mass is 9.53. The number of amides is 1. The largest absolute Gasteiger partial charge is 0.448 e. The van der Waals surface area contributed by atoms with Crippen molar-refractivity contribution >= 4 is 22.6 Å². The van der Waals surface area contributed by atoms with Gasteiger partial charge < -0.3 is 10.1 Å². The molecule has 7 nitrogen and oxygen atoms in total. The number of fused-ring (bicyclic) bond motifs is 1. The summed E-state index contributed by atoms with van der Waals surface area (Å²) in [6, 6.07) is 6.71. The minimum absolute atomic E-state index is 0.00894. The predicted octanol–water partition coefficient (Wildman–Crippen LogP) is 2.55. The highest BCUT2D eigenvalue weighted by Gasteiger charge is 2.51. The van der Waals surface area contributed by atoms with Crippen molar-refractivity contribution in [1.82, 2.24) is 15.5 Å². The zero-order valence-corrected chi connectivity index (χ0v) is 16.4. The topological polar surface area (TPSA) is 101 Å². The van der Waals surface area contributed by atoms with Crippen molar-refractivity contribution in [3.05, 3.63) is 40.3 Å². The van der Waals surface area contributed by atoms with Crippen LogP contribution < -0.4 is 10.9 Å². The molecule has 6 rings (SSSR count). The van der Waals surface area contributed by atoms with E-state index in [0.717, 1.165) is 37.0 Å². The van der Waals surface area contributed by atoms with Gasteiger partial charge in [-0.1, -0.05) is 18.2 Å². The highest BCUT2D eigenvalue weighted by Crippen LogP contribution is 2.55. The molecule has 4 aliphatic rings. The van der Waals surface area contributed by atoms with Crippen molar-refractivity contribution in [3.63, 3.8) is 0 Å². The van der Waals surface area contributed by atoms with E-state index >= 15 is 0 Å². The molecule has 0 aliphatic heterocycles. The third-order valence-corrected chi connectivity index (χ3v) is 6.97. The van der Waals surface area contributed by atoms with Crippen molar-refractivity contribution in [3.8, 4) is 0 Å². The van der Waals surface area contributed by atoms with Crippen LogP contribution in [0.3, 0.4) is 0 Å². The van der Waals surface area contributed by atoms with Crippen molar-refractivity contribution < 1.29 is 14.3 Å². The first-order chi connectivity index (χ1) is 13.9. The van der Waals surface area contributed by atoms with Crippen molar-refractivity contribution in [2.45, 2.75) is 57.1 Å². The molecule has 1 aromatic carbocycles. The summed E-state index contributed by atoms with van der Waals surface area (Å²) < 4.78 is 5.42. The van der Waals surface area contributed by atoms with Gasteiger partial charge in [0.2, 0.25) is 0 Å². The molecule has 0 spiro atoms. The summed E-state index contributed by atoms with van der Waals surface area (Å²) in [5.74, 6) is 1.18. The molecule has 7 heteroatoms. The van der Waals surface area contributed by atoms with Crippen molar-refractivity contribution in [1.29, 1.82) is 0 Å². The molecule has 2 N–H and O–H groups in total. The van der Waals surface area contributed by atoms with Crippen LogP contribution in [0.25, 0.3) is 10.8 Å². The van der Waals surface area contributed by atoms with Crippen molar-refractivity contribution in [2.75, 3.05) is 0 Å². The molecule has 1 atom stereocenters. The monoisotopic (exact) mass is 395 g/mol. The van der Waals surface area contributed by atoms with Gasteiger partial charge in [0.05, 0.1) is 5.39 Å². The van der Waals surface area contributed by atoms with E-state index in [9.17, 15) is 14.4 Å². The number of ether oxygens (including phenoxy) is 1. The number of carbonyl (C=O) groups is 2. The Morgan fingerprint density at radius 2 is 1.69 bits per heavy atom. The van der Waals surface area contributed by atoms with Gasteiger partial charge in [-0.05, 0) is 69.3 Å². The summed E-state index contributed by atoms with van der Waals surface area (Å²) >= 11 is 0. The Kier molecular flexibility index (Phi) is 4.22. The first-order valence-corrected chi connectivity index (χ1v) is 10.4. The normalized spacial score (nSPS) is 30.9. The van der Waals surface area contributed by atoms with Gasteiger partial charge in [0.15, 0.2) is 11.8 Å². The van der Waals surface area contributed by atoms with Gasteiger partial charge in [-0.2, -0.15) is 5.10 Å². The second-order valence-corrected chi connectivity index (χ2v) is 9.18. The Bertz CT molecular complexity index is 1010. The number of rotatable bonds is 4. The van der Waals surface area contributed by atoms with Gasteiger partial charge in [0, 0.05) is 10.9 Å². The molecule has 1 aromatic heterocycles. The van der Waals surface area contributed by atoms with Crippen LogP contribution >= 0.6 is 0 Å². The number of carbonyl (C=O) groups excluding carboxylic acids is 2. The lowest BCUT2D eigenvalue weighted by Gasteiger charge is -2.57. The molecule has 0 radical (unpaired) electrons. The van der Waals surface area contributed by atoms with E-state index in [2.05, 4.69) is 15.5 Å². The summed E-state index contributed by atoms with van der Waals surface area (Å²) in [6.45, 7) is 1.58. The second-order valence-electron chi connectivity index (χ2n) is 9.18. The van der Waals surface area contributed by atoms with E-state index < -0.39 is 12.1 Å². The predicted molar refractivity (Wildman–Crippen MR) is 106 cm³/mol. The third kappa shape index (κ3) is 3.22. The van der Waals surface area contributed by atoms with Crippen LogP contribution in [0.1, 0.15) is 55.9 Å². The van der Waals surface area contributed by atoms with Crippen LogP contribution in [0.15, 0.2) is 29.1 Å². The number of benzene rings is 1. The van der Waals surface area contributed by atoms with Gasteiger partial charge >= 0.3 is 5.97 Å². The van der Waals surface area contributed by atoms with Crippen LogP contribution in [0, 0.1) is 17.8 Å². The molecule has 4 saturated carbocycles. The number of esters is 1. The Morgan fingerprint density at radius 1 is 1.10 bits per heavy atom.